The Bertz CT molecular complexity index is 381. The van der Waals surface area contributed by atoms with Gasteiger partial charge in [0.2, 0.25) is 0 Å². The summed E-state index contributed by atoms with van der Waals surface area (Å²) in [5.74, 6) is 0.0467. The minimum Gasteiger partial charge on any atom is -0.349 e. The Morgan fingerprint density at radius 3 is 2.71 bits per heavy atom. The van der Waals surface area contributed by atoms with Gasteiger partial charge in [0.1, 0.15) is 0 Å². The Morgan fingerprint density at radius 1 is 1.35 bits per heavy atom. The van der Waals surface area contributed by atoms with E-state index in [2.05, 4.69) is 33.2 Å². The second-order valence-electron chi connectivity index (χ2n) is 4.01. The molecule has 0 spiro atoms. The average Bonchev–Trinajstić information content (AvgIpc) is 2.30. The van der Waals surface area contributed by atoms with Crippen LogP contribution in [0.5, 0.6) is 0 Å². The summed E-state index contributed by atoms with van der Waals surface area (Å²) in [5.41, 5.74) is 0.755. The SMILES string of the molecule is Cl.O=C(NC1CCNCC1)c1cccc(I)c1. The van der Waals surface area contributed by atoms with Crippen LogP contribution in [-0.4, -0.2) is 25.0 Å². The number of benzene rings is 1. The number of hydrogen-bond acceptors (Lipinski definition) is 2. The molecule has 3 nitrogen and oxygen atoms in total. The van der Waals surface area contributed by atoms with Gasteiger partial charge in [-0.15, -0.1) is 12.4 Å². The molecular weight excluding hydrogens is 351 g/mol. The third kappa shape index (κ3) is 4.44. The van der Waals surface area contributed by atoms with Crippen LogP contribution in [0.3, 0.4) is 0 Å². The lowest BCUT2D eigenvalue weighted by Gasteiger charge is -2.23. The van der Waals surface area contributed by atoms with E-state index in [1.807, 2.05) is 24.3 Å². The number of carbonyl (C=O) groups is 1. The molecule has 1 aromatic rings. The summed E-state index contributed by atoms with van der Waals surface area (Å²) < 4.78 is 1.09. The number of carbonyl (C=O) groups excluding carboxylic acids is 1. The quantitative estimate of drug-likeness (QED) is 0.788. The minimum atomic E-state index is 0. The lowest BCUT2D eigenvalue weighted by atomic mass is 10.1. The summed E-state index contributed by atoms with van der Waals surface area (Å²) in [6.07, 6.45) is 2.05. The zero-order valence-corrected chi connectivity index (χ0v) is 12.4. The van der Waals surface area contributed by atoms with Crippen LogP contribution in [0.2, 0.25) is 0 Å². The first-order valence-corrected chi connectivity index (χ1v) is 6.61. The van der Waals surface area contributed by atoms with Gasteiger partial charge in [0.15, 0.2) is 0 Å². The van der Waals surface area contributed by atoms with Gasteiger partial charge in [-0.1, -0.05) is 6.07 Å². The molecule has 0 radical (unpaired) electrons. The largest absolute Gasteiger partial charge is 0.349 e. The van der Waals surface area contributed by atoms with Crippen LogP contribution in [0.25, 0.3) is 0 Å². The molecule has 0 bridgehead atoms. The molecular formula is C12H16ClIN2O. The van der Waals surface area contributed by atoms with Crippen molar-refractivity contribution < 1.29 is 4.79 Å². The Kier molecular flexibility index (Phi) is 6.22. The molecule has 0 aliphatic carbocycles. The van der Waals surface area contributed by atoms with Crippen molar-refractivity contribution in [3.8, 4) is 0 Å². The van der Waals surface area contributed by atoms with Gasteiger partial charge in [0.25, 0.3) is 5.91 Å². The number of nitrogens with one attached hydrogen (secondary N) is 2. The standard InChI is InChI=1S/C12H15IN2O.ClH/c13-10-3-1-2-9(8-10)12(16)15-11-4-6-14-7-5-11;/h1-3,8,11,14H,4-7H2,(H,15,16);1H. The van der Waals surface area contributed by atoms with Gasteiger partial charge in [0, 0.05) is 15.2 Å². The van der Waals surface area contributed by atoms with Gasteiger partial charge in [-0.25, -0.2) is 0 Å². The topological polar surface area (TPSA) is 41.1 Å². The van der Waals surface area contributed by atoms with Crippen molar-refractivity contribution in [1.29, 1.82) is 0 Å². The van der Waals surface area contributed by atoms with E-state index in [4.69, 9.17) is 0 Å². The van der Waals surface area contributed by atoms with Crippen LogP contribution < -0.4 is 10.6 Å². The summed E-state index contributed by atoms with van der Waals surface area (Å²) >= 11 is 2.22. The molecule has 94 valence electrons. The number of piperidine rings is 1. The van der Waals surface area contributed by atoms with Crippen molar-refractivity contribution >= 4 is 40.9 Å². The van der Waals surface area contributed by atoms with Gasteiger partial charge in [-0.2, -0.15) is 0 Å². The van der Waals surface area contributed by atoms with Crippen LogP contribution in [-0.2, 0) is 0 Å². The highest BCUT2D eigenvalue weighted by Gasteiger charge is 2.16. The third-order valence-electron chi connectivity index (χ3n) is 2.76. The zero-order chi connectivity index (χ0) is 11.4. The van der Waals surface area contributed by atoms with E-state index < -0.39 is 0 Å². The summed E-state index contributed by atoms with van der Waals surface area (Å²) in [6.45, 7) is 1.99. The molecule has 0 atom stereocenters. The summed E-state index contributed by atoms with van der Waals surface area (Å²) in [5, 5.41) is 6.36. The minimum absolute atomic E-state index is 0. The fourth-order valence-electron chi connectivity index (χ4n) is 1.86. The molecule has 1 fully saturated rings. The number of hydrogen-bond donors (Lipinski definition) is 2. The normalized spacial score (nSPS) is 16.1. The van der Waals surface area contributed by atoms with Gasteiger partial charge in [0.05, 0.1) is 0 Å². The molecule has 1 saturated heterocycles. The Balaban J connectivity index is 0.00000144. The van der Waals surface area contributed by atoms with E-state index in [-0.39, 0.29) is 18.3 Å². The van der Waals surface area contributed by atoms with E-state index in [1.54, 1.807) is 0 Å². The fraction of sp³-hybridized carbons (Fsp3) is 0.417. The molecule has 0 saturated carbocycles. The number of rotatable bonds is 2. The summed E-state index contributed by atoms with van der Waals surface area (Å²) in [7, 11) is 0. The van der Waals surface area contributed by atoms with Crippen molar-refractivity contribution in [3.05, 3.63) is 33.4 Å². The summed E-state index contributed by atoms with van der Waals surface area (Å²) in [4.78, 5) is 11.9. The monoisotopic (exact) mass is 366 g/mol. The van der Waals surface area contributed by atoms with Crippen LogP contribution in [0, 0.1) is 3.57 Å². The maximum Gasteiger partial charge on any atom is 0.251 e. The Labute approximate surface area is 121 Å². The van der Waals surface area contributed by atoms with Crippen LogP contribution >= 0.6 is 35.0 Å². The molecule has 2 rings (SSSR count). The van der Waals surface area contributed by atoms with Crippen LogP contribution in [0.15, 0.2) is 24.3 Å². The molecule has 5 heteroatoms. The zero-order valence-electron chi connectivity index (χ0n) is 9.41. The maximum atomic E-state index is 11.9. The molecule has 0 aromatic heterocycles. The van der Waals surface area contributed by atoms with E-state index >= 15 is 0 Å². The van der Waals surface area contributed by atoms with Gasteiger partial charge in [-0.05, 0) is 66.7 Å². The molecule has 1 amide bonds. The Hall–Kier alpha value is -0.330. The highest BCUT2D eigenvalue weighted by atomic mass is 127. The first kappa shape index (κ1) is 14.7. The van der Waals surface area contributed by atoms with Gasteiger partial charge < -0.3 is 10.6 Å². The smallest absolute Gasteiger partial charge is 0.251 e. The molecule has 0 unspecified atom stereocenters. The number of halogens is 2. The molecule has 2 N–H and O–H groups in total. The molecule has 1 aliphatic rings. The molecule has 1 aromatic carbocycles. The highest BCUT2D eigenvalue weighted by Crippen LogP contribution is 2.09. The second kappa shape index (κ2) is 7.18. The lowest BCUT2D eigenvalue weighted by molar-refractivity contribution is 0.0929. The third-order valence-corrected chi connectivity index (χ3v) is 3.43. The van der Waals surface area contributed by atoms with E-state index in [1.165, 1.54) is 0 Å². The van der Waals surface area contributed by atoms with Crippen molar-refractivity contribution in [3.63, 3.8) is 0 Å². The van der Waals surface area contributed by atoms with Crippen LogP contribution in [0.1, 0.15) is 23.2 Å². The van der Waals surface area contributed by atoms with Gasteiger partial charge >= 0.3 is 0 Å². The molecule has 1 aliphatic heterocycles. The molecule has 17 heavy (non-hydrogen) atoms. The fourth-order valence-corrected chi connectivity index (χ4v) is 2.41. The van der Waals surface area contributed by atoms with E-state index in [0.717, 1.165) is 35.1 Å². The maximum absolute atomic E-state index is 11.9. The predicted molar refractivity (Wildman–Crippen MR) is 79.8 cm³/mol. The summed E-state index contributed by atoms with van der Waals surface area (Å²) in [6, 6.07) is 8.00. The van der Waals surface area contributed by atoms with Gasteiger partial charge in [-0.3, -0.25) is 4.79 Å². The van der Waals surface area contributed by atoms with E-state index in [9.17, 15) is 4.79 Å². The average molecular weight is 367 g/mol. The molecule has 1 heterocycles. The van der Waals surface area contributed by atoms with Crippen molar-refractivity contribution in [1.82, 2.24) is 10.6 Å². The van der Waals surface area contributed by atoms with Crippen molar-refractivity contribution in [2.45, 2.75) is 18.9 Å². The van der Waals surface area contributed by atoms with E-state index in [0.29, 0.717) is 6.04 Å². The highest BCUT2D eigenvalue weighted by molar-refractivity contribution is 14.1. The first-order chi connectivity index (χ1) is 7.75. The Morgan fingerprint density at radius 2 is 2.06 bits per heavy atom. The lowest BCUT2D eigenvalue weighted by Crippen LogP contribution is -2.42. The van der Waals surface area contributed by atoms with Crippen molar-refractivity contribution in [2.24, 2.45) is 0 Å². The number of amides is 1. The predicted octanol–water partition coefficient (Wildman–Crippen LogP) is 2.19. The first-order valence-electron chi connectivity index (χ1n) is 5.53. The van der Waals surface area contributed by atoms with Crippen LogP contribution in [0.4, 0.5) is 0 Å². The van der Waals surface area contributed by atoms with Crippen molar-refractivity contribution in [2.75, 3.05) is 13.1 Å². The second-order valence-corrected chi connectivity index (χ2v) is 5.25.